The highest BCUT2D eigenvalue weighted by Crippen LogP contribution is 2.27. The minimum atomic E-state index is 0. The number of aryl methyl sites for hydroxylation is 1. The number of aromatic nitrogens is 2. The summed E-state index contributed by atoms with van der Waals surface area (Å²) in [4.78, 5) is 8.79. The molecule has 0 unspecified atom stereocenters. The van der Waals surface area contributed by atoms with Crippen molar-refractivity contribution in [3.05, 3.63) is 57.8 Å². The van der Waals surface area contributed by atoms with Gasteiger partial charge in [-0.05, 0) is 59.3 Å². The third-order valence-electron chi connectivity index (χ3n) is 3.23. The van der Waals surface area contributed by atoms with Crippen LogP contribution in [0.4, 0.5) is 11.6 Å². The van der Waals surface area contributed by atoms with Crippen molar-refractivity contribution in [1.29, 1.82) is 0 Å². The van der Waals surface area contributed by atoms with Gasteiger partial charge in [0.05, 0.1) is 5.69 Å². The van der Waals surface area contributed by atoms with E-state index in [0.717, 1.165) is 20.4 Å². The maximum absolute atomic E-state index is 9.67. The molecule has 0 spiro atoms. The highest BCUT2D eigenvalue weighted by molar-refractivity contribution is 14.1. The van der Waals surface area contributed by atoms with E-state index in [9.17, 15) is 10.2 Å². The highest BCUT2D eigenvalue weighted by atomic mass is 127. The average Bonchev–Trinajstić information content (AvgIpc) is 2.48. The molecule has 0 aliphatic heterocycles. The molecule has 0 atom stereocenters. The van der Waals surface area contributed by atoms with Crippen molar-refractivity contribution >= 4 is 51.2 Å². The van der Waals surface area contributed by atoms with Crippen molar-refractivity contribution in [3.8, 4) is 22.8 Å². The van der Waals surface area contributed by atoms with E-state index in [1.54, 1.807) is 36.5 Å². The fourth-order valence-electron chi connectivity index (χ4n) is 2.22. The number of benzene rings is 2. The summed E-state index contributed by atoms with van der Waals surface area (Å²) in [7, 11) is 0. The van der Waals surface area contributed by atoms with Gasteiger partial charge in [0.15, 0.2) is 0 Å². The molecule has 3 aromatic rings. The molecule has 0 aliphatic rings. The van der Waals surface area contributed by atoms with Crippen LogP contribution in [0.1, 0.15) is 5.56 Å². The van der Waals surface area contributed by atoms with E-state index in [1.165, 1.54) is 0 Å². The summed E-state index contributed by atoms with van der Waals surface area (Å²) in [5.74, 6) is 0.799. The molecule has 1 aromatic heterocycles. The Bertz CT molecular complexity index is 854. The van der Waals surface area contributed by atoms with Crippen LogP contribution in [0.3, 0.4) is 0 Å². The zero-order valence-electron chi connectivity index (χ0n) is 12.7. The molecule has 0 bridgehead atoms. The molecule has 3 N–H and O–H groups in total. The first kappa shape index (κ1) is 18.5. The van der Waals surface area contributed by atoms with Gasteiger partial charge in [-0.3, -0.25) is 0 Å². The smallest absolute Gasteiger partial charge is 0.227 e. The Morgan fingerprint density at radius 3 is 2.54 bits per heavy atom. The lowest BCUT2D eigenvalue weighted by Crippen LogP contribution is -2.00. The summed E-state index contributed by atoms with van der Waals surface area (Å²) < 4.78 is 0.908. The topological polar surface area (TPSA) is 78.3 Å². The molecule has 2 aromatic carbocycles. The normalized spacial score (nSPS) is 10.1. The predicted molar refractivity (Wildman–Crippen MR) is 108 cm³/mol. The van der Waals surface area contributed by atoms with Gasteiger partial charge in [-0.25, -0.2) is 9.97 Å². The number of nitrogens with zero attached hydrogens (tertiary/aromatic N) is 2. The Balaban J connectivity index is 0.00000208. The zero-order valence-corrected chi connectivity index (χ0v) is 16.6. The van der Waals surface area contributed by atoms with Crippen LogP contribution in [0, 0.1) is 10.5 Å². The lowest BCUT2D eigenvalue weighted by molar-refractivity contribution is 0.475. The quantitative estimate of drug-likeness (QED) is 0.451. The molecular weight excluding hydrogens is 485 g/mol. The van der Waals surface area contributed by atoms with Gasteiger partial charge in [-0.15, -0.1) is 17.0 Å². The van der Waals surface area contributed by atoms with Crippen molar-refractivity contribution < 1.29 is 10.2 Å². The van der Waals surface area contributed by atoms with Crippen molar-refractivity contribution in [2.45, 2.75) is 6.92 Å². The van der Waals surface area contributed by atoms with Crippen molar-refractivity contribution in [2.75, 3.05) is 5.32 Å². The summed E-state index contributed by atoms with van der Waals surface area (Å²) in [5, 5.41) is 22.4. The van der Waals surface area contributed by atoms with E-state index in [1.807, 2.05) is 19.1 Å². The molecule has 5 nitrogen and oxygen atoms in total. The predicted octanol–water partition coefficient (Wildman–Crippen LogP) is 4.79. The van der Waals surface area contributed by atoms with Crippen LogP contribution >= 0.6 is 39.6 Å². The van der Waals surface area contributed by atoms with Crippen LogP contribution < -0.4 is 5.32 Å². The third kappa shape index (κ3) is 4.35. The van der Waals surface area contributed by atoms with Crippen LogP contribution in [-0.4, -0.2) is 20.2 Å². The standard InChI is InChI=1S/C17H14IN3O2.BrH/c1-10-9-19-17(20-13-6-12(18)7-15(23)8-13)21-16(10)11-3-2-4-14(22)5-11;/h2-9,22-23H,1H3,(H,19,20,21);1H. The molecule has 1 heterocycles. The van der Waals surface area contributed by atoms with E-state index in [-0.39, 0.29) is 28.5 Å². The van der Waals surface area contributed by atoms with Crippen LogP contribution in [0.2, 0.25) is 0 Å². The molecule has 0 aliphatic carbocycles. The number of aromatic hydroxyl groups is 2. The number of nitrogens with one attached hydrogen (secondary N) is 1. The van der Waals surface area contributed by atoms with E-state index >= 15 is 0 Å². The molecule has 3 rings (SSSR count). The maximum atomic E-state index is 9.67. The zero-order chi connectivity index (χ0) is 16.4. The van der Waals surface area contributed by atoms with Gasteiger partial charge >= 0.3 is 0 Å². The molecule has 0 saturated heterocycles. The number of hydrogen-bond donors (Lipinski definition) is 3. The first-order chi connectivity index (χ1) is 11.0. The molecule has 0 radical (unpaired) electrons. The van der Waals surface area contributed by atoms with Gasteiger partial charge in [0.1, 0.15) is 11.5 Å². The molecule has 0 amide bonds. The van der Waals surface area contributed by atoms with Gasteiger partial charge in [0, 0.05) is 27.1 Å². The summed E-state index contributed by atoms with van der Waals surface area (Å²) in [6.45, 7) is 1.92. The molecular formula is C17H15BrIN3O2. The Labute approximate surface area is 163 Å². The monoisotopic (exact) mass is 499 g/mol. The lowest BCUT2D eigenvalue weighted by Gasteiger charge is -2.10. The number of halogens is 2. The Morgan fingerprint density at radius 1 is 1.04 bits per heavy atom. The Hall–Kier alpha value is -1.87. The molecule has 0 fully saturated rings. The number of phenolic OH excluding ortho intramolecular Hbond substituents is 2. The molecule has 0 saturated carbocycles. The van der Waals surface area contributed by atoms with Gasteiger partial charge in [-0.2, -0.15) is 0 Å². The second-order valence-electron chi connectivity index (χ2n) is 5.10. The summed E-state index contributed by atoms with van der Waals surface area (Å²) in [5.41, 5.74) is 3.18. The van der Waals surface area contributed by atoms with Gasteiger partial charge in [0.25, 0.3) is 0 Å². The average molecular weight is 500 g/mol. The largest absolute Gasteiger partial charge is 0.508 e. The summed E-state index contributed by atoms with van der Waals surface area (Å²) in [6.07, 6.45) is 1.72. The fraction of sp³-hybridized carbons (Fsp3) is 0.0588. The number of anilines is 2. The van der Waals surface area contributed by atoms with Crippen LogP contribution in [0.25, 0.3) is 11.3 Å². The van der Waals surface area contributed by atoms with Gasteiger partial charge in [0.2, 0.25) is 5.95 Å². The van der Waals surface area contributed by atoms with Crippen LogP contribution in [-0.2, 0) is 0 Å². The highest BCUT2D eigenvalue weighted by Gasteiger charge is 2.08. The number of phenols is 2. The molecule has 24 heavy (non-hydrogen) atoms. The van der Waals surface area contributed by atoms with Crippen molar-refractivity contribution in [3.63, 3.8) is 0 Å². The summed E-state index contributed by atoms with van der Waals surface area (Å²) >= 11 is 2.13. The van der Waals surface area contributed by atoms with Crippen molar-refractivity contribution in [1.82, 2.24) is 9.97 Å². The minimum absolute atomic E-state index is 0. The lowest BCUT2D eigenvalue weighted by atomic mass is 10.1. The molecule has 7 heteroatoms. The maximum Gasteiger partial charge on any atom is 0.227 e. The van der Waals surface area contributed by atoms with E-state index in [4.69, 9.17) is 0 Å². The van der Waals surface area contributed by atoms with E-state index < -0.39 is 0 Å². The first-order valence-electron chi connectivity index (χ1n) is 6.91. The third-order valence-corrected chi connectivity index (χ3v) is 3.85. The summed E-state index contributed by atoms with van der Waals surface area (Å²) in [6, 6.07) is 12.1. The number of rotatable bonds is 3. The second kappa shape index (κ2) is 7.80. The van der Waals surface area contributed by atoms with Crippen LogP contribution in [0.15, 0.2) is 48.7 Å². The number of hydrogen-bond acceptors (Lipinski definition) is 5. The fourth-order valence-corrected chi connectivity index (χ4v) is 2.88. The minimum Gasteiger partial charge on any atom is -0.508 e. The van der Waals surface area contributed by atoms with E-state index in [2.05, 4.69) is 37.9 Å². The SMILES string of the molecule is Br.Cc1cnc(Nc2cc(O)cc(I)c2)nc1-c1cccc(O)c1. The Morgan fingerprint density at radius 2 is 1.83 bits per heavy atom. The Kier molecular flexibility index (Phi) is 6.00. The van der Waals surface area contributed by atoms with Gasteiger partial charge < -0.3 is 15.5 Å². The first-order valence-corrected chi connectivity index (χ1v) is 7.99. The van der Waals surface area contributed by atoms with Crippen molar-refractivity contribution in [2.24, 2.45) is 0 Å². The van der Waals surface area contributed by atoms with Gasteiger partial charge in [-0.1, -0.05) is 12.1 Å². The molecule has 124 valence electrons. The second-order valence-corrected chi connectivity index (χ2v) is 6.34. The van der Waals surface area contributed by atoms with E-state index in [0.29, 0.717) is 11.6 Å². The van der Waals surface area contributed by atoms with Crippen LogP contribution in [0.5, 0.6) is 11.5 Å².